The second-order valence-electron chi connectivity index (χ2n) is 6.33. The van der Waals surface area contributed by atoms with Crippen LogP contribution in [0.5, 0.6) is 6.01 Å². The standard InChI is InChI=1S/C15H21N5O2/c1-15(2,3)19-9-13(22-11-19)10-21-14-16-17-18-20(14)12-7-5-4-6-8-12/h4-8,13H,9-11H2,1-3H3. The van der Waals surface area contributed by atoms with E-state index in [1.165, 1.54) is 0 Å². The number of tetrazole rings is 1. The Kier molecular flexibility index (Phi) is 4.08. The van der Waals surface area contributed by atoms with Gasteiger partial charge in [-0.05, 0) is 43.3 Å². The van der Waals surface area contributed by atoms with Crippen LogP contribution in [-0.2, 0) is 4.74 Å². The molecule has 1 fully saturated rings. The van der Waals surface area contributed by atoms with Crippen molar-refractivity contribution in [1.29, 1.82) is 0 Å². The van der Waals surface area contributed by atoms with Crippen LogP contribution < -0.4 is 4.74 Å². The van der Waals surface area contributed by atoms with Gasteiger partial charge in [-0.25, -0.2) is 0 Å². The summed E-state index contributed by atoms with van der Waals surface area (Å²) in [6.45, 7) is 8.43. The fourth-order valence-corrected chi connectivity index (χ4v) is 2.28. The second kappa shape index (κ2) is 6.02. The number of nitrogens with zero attached hydrogens (tertiary/aromatic N) is 5. The molecule has 0 bridgehead atoms. The molecule has 1 saturated heterocycles. The molecule has 0 amide bonds. The van der Waals surface area contributed by atoms with Crippen LogP contribution in [0, 0.1) is 0 Å². The van der Waals surface area contributed by atoms with Gasteiger partial charge in [-0.1, -0.05) is 23.3 Å². The molecule has 0 radical (unpaired) electrons. The first-order valence-electron chi connectivity index (χ1n) is 7.37. The van der Waals surface area contributed by atoms with Crippen molar-refractivity contribution < 1.29 is 9.47 Å². The highest BCUT2D eigenvalue weighted by Gasteiger charge is 2.31. The molecule has 1 atom stereocenters. The third-order valence-electron chi connectivity index (χ3n) is 3.68. The molecule has 0 N–H and O–H groups in total. The monoisotopic (exact) mass is 303 g/mol. The van der Waals surface area contributed by atoms with E-state index < -0.39 is 0 Å². The number of hydrogen-bond donors (Lipinski definition) is 0. The summed E-state index contributed by atoms with van der Waals surface area (Å²) >= 11 is 0. The van der Waals surface area contributed by atoms with Crippen molar-refractivity contribution in [2.75, 3.05) is 19.9 Å². The van der Waals surface area contributed by atoms with Gasteiger partial charge in [0.05, 0.1) is 5.69 Å². The highest BCUT2D eigenvalue weighted by Crippen LogP contribution is 2.20. The van der Waals surface area contributed by atoms with Crippen LogP contribution >= 0.6 is 0 Å². The molecule has 0 spiro atoms. The maximum atomic E-state index is 5.76. The highest BCUT2D eigenvalue weighted by atomic mass is 16.6. The van der Waals surface area contributed by atoms with Gasteiger partial charge in [-0.15, -0.1) is 0 Å². The lowest BCUT2D eigenvalue weighted by Gasteiger charge is -2.29. The Labute approximate surface area is 129 Å². The largest absolute Gasteiger partial charge is 0.459 e. The van der Waals surface area contributed by atoms with E-state index in [-0.39, 0.29) is 11.6 Å². The molecule has 1 aliphatic rings. The zero-order chi connectivity index (χ0) is 15.6. The van der Waals surface area contributed by atoms with Crippen molar-refractivity contribution in [2.24, 2.45) is 0 Å². The van der Waals surface area contributed by atoms with Crippen LogP contribution in [0.15, 0.2) is 30.3 Å². The van der Waals surface area contributed by atoms with E-state index in [1.54, 1.807) is 4.68 Å². The molecule has 7 nitrogen and oxygen atoms in total. The average molecular weight is 303 g/mol. The summed E-state index contributed by atoms with van der Waals surface area (Å²) in [5, 5.41) is 11.6. The van der Waals surface area contributed by atoms with E-state index in [2.05, 4.69) is 41.2 Å². The zero-order valence-corrected chi connectivity index (χ0v) is 13.1. The van der Waals surface area contributed by atoms with Crippen LogP contribution in [0.3, 0.4) is 0 Å². The van der Waals surface area contributed by atoms with Crippen LogP contribution in [0.1, 0.15) is 20.8 Å². The summed E-state index contributed by atoms with van der Waals surface area (Å²) < 4.78 is 13.1. The number of ether oxygens (including phenoxy) is 2. The van der Waals surface area contributed by atoms with Crippen molar-refractivity contribution in [2.45, 2.75) is 32.4 Å². The highest BCUT2D eigenvalue weighted by molar-refractivity contribution is 5.31. The molecule has 1 aromatic heterocycles. The summed E-state index contributed by atoms with van der Waals surface area (Å²) in [5.74, 6) is 0. The van der Waals surface area contributed by atoms with E-state index >= 15 is 0 Å². The summed E-state index contributed by atoms with van der Waals surface area (Å²) in [6.07, 6.45) is 0.0279. The number of aromatic nitrogens is 4. The average Bonchev–Trinajstić information content (AvgIpc) is 3.14. The smallest absolute Gasteiger partial charge is 0.340 e. The third kappa shape index (κ3) is 3.26. The number of benzene rings is 1. The van der Waals surface area contributed by atoms with Gasteiger partial charge in [0.1, 0.15) is 19.4 Å². The first-order valence-corrected chi connectivity index (χ1v) is 7.37. The first kappa shape index (κ1) is 14.9. The number of para-hydroxylation sites is 1. The van der Waals surface area contributed by atoms with E-state index in [4.69, 9.17) is 9.47 Å². The molecule has 1 unspecified atom stereocenters. The minimum absolute atomic E-state index is 0.0279. The summed E-state index contributed by atoms with van der Waals surface area (Å²) in [5.41, 5.74) is 0.964. The van der Waals surface area contributed by atoms with Gasteiger partial charge < -0.3 is 9.47 Å². The van der Waals surface area contributed by atoms with Crippen LogP contribution in [0.25, 0.3) is 5.69 Å². The molecule has 118 valence electrons. The molecule has 0 saturated carbocycles. The Hall–Kier alpha value is -1.99. The Balaban J connectivity index is 1.61. The minimum Gasteiger partial charge on any atom is -0.459 e. The quantitative estimate of drug-likeness (QED) is 0.853. The maximum Gasteiger partial charge on any atom is 0.340 e. The van der Waals surface area contributed by atoms with Crippen molar-refractivity contribution in [3.05, 3.63) is 30.3 Å². The molecular weight excluding hydrogens is 282 g/mol. The fourth-order valence-electron chi connectivity index (χ4n) is 2.28. The predicted molar refractivity (Wildman–Crippen MR) is 80.8 cm³/mol. The van der Waals surface area contributed by atoms with Gasteiger partial charge in [0.15, 0.2) is 0 Å². The SMILES string of the molecule is CC(C)(C)N1COC(COc2nnnn2-c2ccccc2)C1. The lowest BCUT2D eigenvalue weighted by Crippen LogP contribution is -2.40. The van der Waals surface area contributed by atoms with Crippen LogP contribution in [-0.4, -0.2) is 56.6 Å². The van der Waals surface area contributed by atoms with Gasteiger partial charge in [0, 0.05) is 12.1 Å². The molecule has 22 heavy (non-hydrogen) atoms. The Morgan fingerprint density at radius 2 is 2.05 bits per heavy atom. The maximum absolute atomic E-state index is 5.76. The van der Waals surface area contributed by atoms with Crippen molar-refractivity contribution in [3.63, 3.8) is 0 Å². The van der Waals surface area contributed by atoms with Gasteiger partial charge >= 0.3 is 6.01 Å². The Morgan fingerprint density at radius 1 is 1.27 bits per heavy atom. The first-order chi connectivity index (χ1) is 10.5. The molecule has 1 aromatic carbocycles. The van der Waals surface area contributed by atoms with E-state index in [9.17, 15) is 0 Å². The van der Waals surface area contributed by atoms with E-state index in [0.717, 1.165) is 12.2 Å². The molecule has 2 aromatic rings. The van der Waals surface area contributed by atoms with Gasteiger partial charge in [0.2, 0.25) is 0 Å². The Morgan fingerprint density at radius 3 is 2.73 bits per heavy atom. The van der Waals surface area contributed by atoms with Crippen LogP contribution in [0.4, 0.5) is 0 Å². The fraction of sp³-hybridized carbons (Fsp3) is 0.533. The van der Waals surface area contributed by atoms with Crippen molar-refractivity contribution in [1.82, 2.24) is 25.1 Å². The zero-order valence-electron chi connectivity index (χ0n) is 13.1. The minimum atomic E-state index is 0.0279. The van der Waals surface area contributed by atoms with Gasteiger partial charge in [-0.2, -0.15) is 4.68 Å². The van der Waals surface area contributed by atoms with Gasteiger partial charge in [-0.3, -0.25) is 4.90 Å². The third-order valence-corrected chi connectivity index (χ3v) is 3.68. The molecule has 1 aliphatic heterocycles. The molecule has 3 rings (SSSR count). The molecule has 0 aliphatic carbocycles. The lowest BCUT2D eigenvalue weighted by molar-refractivity contribution is 0.0409. The Bertz CT molecular complexity index is 608. The van der Waals surface area contributed by atoms with E-state index in [0.29, 0.717) is 19.3 Å². The second-order valence-corrected chi connectivity index (χ2v) is 6.33. The van der Waals surface area contributed by atoms with Gasteiger partial charge in [0.25, 0.3) is 0 Å². The number of rotatable bonds is 4. The summed E-state index contributed by atoms with van der Waals surface area (Å²) in [6, 6.07) is 10.0. The number of hydrogen-bond acceptors (Lipinski definition) is 6. The molecule has 2 heterocycles. The van der Waals surface area contributed by atoms with Crippen molar-refractivity contribution >= 4 is 0 Å². The molecular formula is C15H21N5O2. The topological polar surface area (TPSA) is 65.3 Å². The summed E-state index contributed by atoms with van der Waals surface area (Å²) in [7, 11) is 0. The lowest BCUT2D eigenvalue weighted by atomic mass is 10.1. The summed E-state index contributed by atoms with van der Waals surface area (Å²) in [4.78, 5) is 2.28. The van der Waals surface area contributed by atoms with Crippen molar-refractivity contribution in [3.8, 4) is 11.7 Å². The predicted octanol–water partition coefficient (Wildman–Crippen LogP) is 1.50. The normalized spacial score (nSPS) is 19.5. The molecule has 7 heteroatoms. The van der Waals surface area contributed by atoms with E-state index in [1.807, 2.05) is 30.3 Å². The van der Waals surface area contributed by atoms with Crippen LogP contribution in [0.2, 0.25) is 0 Å².